The van der Waals surface area contributed by atoms with Gasteiger partial charge < -0.3 is 10.3 Å². The number of carbonyl (C=O) groups excluding carboxylic acids is 1. The number of thioether (sulfide) groups is 1. The molecule has 0 spiro atoms. The smallest absolute Gasteiger partial charge is 0.251 e. The number of hydrogen-bond donors (Lipinski definition) is 2. The van der Waals surface area contributed by atoms with Crippen LogP contribution >= 0.6 is 35.0 Å². The molecule has 2 rings (SSSR count). The van der Waals surface area contributed by atoms with E-state index in [1.807, 2.05) is 13.8 Å². The van der Waals surface area contributed by atoms with E-state index in [2.05, 4.69) is 15.3 Å². The van der Waals surface area contributed by atoms with Gasteiger partial charge in [0.1, 0.15) is 0 Å². The number of H-pyrrole nitrogens is 1. The topological polar surface area (TPSA) is 74.8 Å². The molecule has 2 aromatic rings. The van der Waals surface area contributed by atoms with Crippen molar-refractivity contribution in [3.05, 3.63) is 55.9 Å². The van der Waals surface area contributed by atoms with Gasteiger partial charge in [0.25, 0.3) is 5.56 Å². The van der Waals surface area contributed by atoms with E-state index in [1.54, 1.807) is 25.1 Å². The zero-order valence-corrected chi connectivity index (χ0v) is 17.1. The Labute approximate surface area is 166 Å². The van der Waals surface area contributed by atoms with E-state index in [0.29, 0.717) is 15.2 Å². The molecular formula is C18H21Cl2N3O2S. The molecule has 0 fully saturated rings. The predicted molar refractivity (Wildman–Crippen MR) is 107 cm³/mol. The molecule has 0 aliphatic heterocycles. The average molecular weight is 414 g/mol. The average Bonchev–Trinajstić information content (AvgIpc) is 2.54. The SMILES string of the molecule is CCCc1cc(=O)[nH]c(S[C@@H](C)C(=O)N[C@H](C)c2ccc(Cl)cc2Cl)n1. The highest BCUT2D eigenvalue weighted by atomic mass is 35.5. The predicted octanol–water partition coefficient (Wildman–Crippen LogP) is 4.39. The van der Waals surface area contributed by atoms with Crippen molar-refractivity contribution >= 4 is 40.9 Å². The minimum atomic E-state index is -0.427. The molecule has 0 bridgehead atoms. The number of rotatable bonds is 7. The second kappa shape index (κ2) is 9.44. The first-order valence-corrected chi connectivity index (χ1v) is 9.96. The normalized spacial score (nSPS) is 13.3. The number of aryl methyl sites for hydroxylation is 1. The van der Waals surface area contributed by atoms with Crippen LogP contribution < -0.4 is 10.9 Å². The third-order valence-electron chi connectivity index (χ3n) is 3.72. The van der Waals surface area contributed by atoms with E-state index in [9.17, 15) is 9.59 Å². The fourth-order valence-electron chi connectivity index (χ4n) is 2.41. The van der Waals surface area contributed by atoms with Gasteiger partial charge in [0.15, 0.2) is 5.16 Å². The molecule has 0 aliphatic rings. The molecule has 140 valence electrons. The van der Waals surface area contributed by atoms with Gasteiger partial charge in [-0.05, 0) is 38.0 Å². The molecule has 0 saturated heterocycles. The highest BCUT2D eigenvalue weighted by molar-refractivity contribution is 8.00. The summed E-state index contributed by atoms with van der Waals surface area (Å²) in [4.78, 5) is 31.3. The summed E-state index contributed by atoms with van der Waals surface area (Å²) in [5, 5.41) is 3.99. The van der Waals surface area contributed by atoms with Crippen LogP contribution in [0.3, 0.4) is 0 Å². The van der Waals surface area contributed by atoms with Crippen molar-refractivity contribution in [2.75, 3.05) is 0 Å². The Morgan fingerprint density at radius 1 is 1.31 bits per heavy atom. The lowest BCUT2D eigenvalue weighted by Gasteiger charge is -2.18. The third kappa shape index (κ3) is 5.76. The molecule has 1 aromatic heterocycles. The summed E-state index contributed by atoms with van der Waals surface area (Å²) in [7, 11) is 0. The van der Waals surface area contributed by atoms with E-state index in [1.165, 1.54) is 17.8 Å². The number of halogens is 2. The van der Waals surface area contributed by atoms with Crippen LogP contribution in [0.4, 0.5) is 0 Å². The van der Waals surface area contributed by atoms with Gasteiger partial charge >= 0.3 is 0 Å². The summed E-state index contributed by atoms with van der Waals surface area (Å²) in [6.07, 6.45) is 1.63. The zero-order chi connectivity index (χ0) is 19.3. The van der Waals surface area contributed by atoms with Crippen LogP contribution in [-0.2, 0) is 11.2 Å². The summed E-state index contributed by atoms with van der Waals surface area (Å²) >= 11 is 13.3. The largest absolute Gasteiger partial charge is 0.349 e. The molecule has 2 N–H and O–H groups in total. The van der Waals surface area contributed by atoms with E-state index in [-0.39, 0.29) is 17.5 Å². The summed E-state index contributed by atoms with van der Waals surface area (Å²) in [5.74, 6) is -0.169. The first-order valence-electron chi connectivity index (χ1n) is 8.32. The van der Waals surface area contributed by atoms with E-state index >= 15 is 0 Å². The Hall–Kier alpha value is -1.50. The first-order chi connectivity index (χ1) is 12.3. The van der Waals surface area contributed by atoms with Crippen LogP contribution in [0.1, 0.15) is 44.5 Å². The van der Waals surface area contributed by atoms with E-state index < -0.39 is 5.25 Å². The van der Waals surface area contributed by atoms with Gasteiger partial charge in [-0.3, -0.25) is 9.59 Å². The molecule has 1 amide bonds. The van der Waals surface area contributed by atoms with E-state index in [4.69, 9.17) is 23.2 Å². The molecule has 8 heteroatoms. The van der Waals surface area contributed by atoms with Crippen molar-refractivity contribution in [2.45, 2.75) is 50.1 Å². The van der Waals surface area contributed by atoms with Crippen LogP contribution in [0.15, 0.2) is 34.2 Å². The van der Waals surface area contributed by atoms with Crippen LogP contribution in [-0.4, -0.2) is 21.1 Å². The van der Waals surface area contributed by atoms with Crippen molar-refractivity contribution in [1.82, 2.24) is 15.3 Å². The van der Waals surface area contributed by atoms with E-state index in [0.717, 1.165) is 24.1 Å². The monoisotopic (exact) mass is 413 g/mol. The van der Waals surface area contributed by atoms with Gasteiger partial charge in [0.05, 0.1) is 11.3 Å². The number of benzene rings is 1. The Bertz CT molecular complexity index is 841. The van der Waals surface area contributed by atoms with Crippen LogP contribution in [0.5, 0.6) is 0 Å². The van der Waals surface area contributed by atoms with Crippen LogP contribution in [0.2, 0.25) is 10.0 Å². The van der Waals surface area contributed by atoms with Crippen molar-refractivity contribution in [3.63, 3.8) is 0 Å². The third-order valence-corrected chi connectivity index (χ3v) is 5.27. The molecule has 0 saturated carbocycles. The second-order valence-electron chi connectivity index (χ2n) is 5.95. The van der Waals surface area contributed by atoms with Gasteiger partial charge in [-0.25, -0.2) is 4.98 Å². The van der Waals surface area contributed by atoms with Gasteiger partial charge in [-0.1, -0.05) is 54.4 Å². The molecule has 0 aliphatic carbocycles. The number of aromatic amines is 1. The Morgan fingerprint density at radius 2 is 2.04 bits per heavy atom. The summed E-state index contributed by atoms with van der Waals surface area (Å²) in [6, 6.07) is 6.39. The quantitative estimate of drug-likeness (QED) is 0.521. The maximum Gasteiger partial charge on any atom is 0.251 e. The van der Waals surface area contributed by atoms with Gasteiger partial charge in [-0.15, -0.1) is 0 Å². The number of nitrogens with zero attached hydrogens (tertiary/aromatic N) is 1. The molecule has 0 unspecified atom stereocenters. The number of nitrogens with one attached hydrogen (secondary N) is 2. The molecule has 5 nitrogen and oxygen atoms in total. The molecule has 1 aromatic carbocycles. The Kier molecular flexibility index (Phi) is 7.55. The van der Waals surface area contributed by atoms with Crippen LogP contribution in [0.25, 0.3) is 0 Å². The zero-order valence-electron chi connectivity index (χ0n) is 14.8. The molecule has 0 radical (unpaired) electrons. The lowest BCUT2D eigenvalue weighted by Crippen LogP contribution is -2.33. The van der Waals surface area contributed by atoms with Crippen molar-refractivity contribution in [2.24, 2.45) is 0 Å². The van der Waals surface area contributed by atoms with Crippen molar-refractivity contribution < 1.29 is 4.79 Å². The van der Waals surface area contributed by atoms with Gasteiger partial charge in [0, 0.05) is 21.8 Å². The fourth-order valence-corrected chi connectivity index (χ4v) is 3.82. The number of amides is 1. The Morgan fingerprint density at radius 3 is 2.69 bits per heavy atom. The number of aromatic nitrogens is 2. The maximum absolute atomic E-state index is 12.5. The summed E-state index contributed by atoms with van der Waals surface area (Å²) < 4.78 is 0. The molecule has 26 heavy (non-hydrogen) atoms. The molecule has 2 atom stereocenters. The van der Waals surface area contributed by atoms with Gasteiger partial charge in [0.2, 0.25) is 5.91 Å². The second-order valence-corrected chi connectivity index (χ2v) is 8.12. The number of carbonyl (C=O) groups is 1. The standard InChI is InChI=1S/C18H21Cl2N3O2S/c1-4-5-13-9-16(24)23-18(22-13)26-11(3)17(25)21-10(2)14-7-6-12(19)8-15(14)20/h6-11H,4-5H2,1-3H3,(H,21,25)(H,22,23,24)/t10-,11+/m1/s1. The summed E-state index contributed by atoms with van der Waals surface area (Å²) in [6.45, 7) is 5.64. The lowest BCUT2D eigenvalue weighted by molar-refractivity contribution is -0.120. The molecule has 1 heterocycles. The highest BCUT2D eigenvalue weighted by Crippen LogP contribution is 2.27. The van der Waals surface area contributed by atoms with Crippen LogP contribution in [0, 0.1) is 0 Å². The van der Waals surface area contributed by atoms with Crippen molar-refractivity contribution in [3.8, 4) is 0 Å². The number of hydrogen-bond acceptors (Lipinski definition) is 4. The minimum Gasteiger partial charge on any atom is -0.349 e. The summed E-state index contributed by atoms with van der Waals surface area (Å²) in [5.41, 5.74) is 1.31. The minimum absolute atomic E-state index is 0.169. The lowest BCUT2D eigenvalue weighted by atomic mass is 10.1. The Balaban J connectivity index is 2.04. The van der Waals surface area contributed by atoms with Crippen molar-refractivity contribution in [1.29, 1.82) is 0 Å². The highest BCUT2D eigenvalue weighted by Gasteiger charge is 2.20. The fraction of sp³-hybridized carbons (Fsp3) is 0.389. The molecular weight excluding hydrogens is 393 g/mol. The first kappa shape index (κ1) is 20.8. The van der Waals surface area contributed by atoms with Gasteiger partial charge in [-0.2, -0.15) is 0 Å². The maximum atomic E-state index is 12.5.